The van der Waals surface area contributed by atoms with Gasteiger partial charge in [0.2, 0.25) is 0 Å². The monoisotopic (exact) mass is 534 g/mol. The van der Waals surface area contributed by atoms with Gasteiger partial charge in [-0.1, -0.05) is 48.0 Å². The van der Waals surface area contributed by atoms with Crippen molar-refractivity contribution in [3.8, 4) is 0 Å². The maximum Gasteiger partial charge on any atom is 0.328 e. The number of carbonyl (C=O) groups is 3. The number of nitrogens with zero attached hydrogens (tertiary/aromatic N) is 2. The molecule has 2 N–H and O–H groups in total. The topological polar surface area (TPSA) is 98.2 Å². The van der Waals surface area contributed by atoms with E-state index >= 15 is 0 Å². The molecule has 0 aliphatic carbocycles. The van der Waals surface area contributed by atoms with Crippen LogP contribution in [0.1, 0.15) is 27.9 Å². The number of rotatable bonds is 9. The molecule has 1 heterocycles. The van der Waals surface area contributed by atoms with E-state index in [1.54, 1.807) is 24.3 Å². The largest absolute Gasteiger partial charge is 0.478 e. The summed E-state index contributed by atoms with van der Waals surface area (Å²) >= 11 is 5.92. The summed E-state index contributed by atoms with van der Waals surface area (Å²) in [6.07, 6.45) is 4.23. The molecule has 0 spiro atoms. The fraction of sp³-hybridized carbons (Fsp3) is 0.233. The SMILES string of the molecule is CN(CCCN1c2ccccc2CCc2ccccc21)CC(=O)c1ccc(Cl)cc1.O=C(O)C=CC(=O)O. The molecule has 1 aliphatic rings. The van der Waals surface area contributed by atoms with Crippen LogP contribution in [0.3, 0.4) is 0 Å². The fourth-order valence-corrected chi connectivity index (χ4v) is 4.43. The summed E-state index contributed by atoms with van der Waals surface area (Å²) in [5.41, 5.74) is 6.13. The van der Waals surface area contributed by atoms with E-state index in [0.717, 1.165) is 32.4 Å². The van der Waals surface area contributed by atoms with E-state index in [0.29, 0.717) is 29.3 Å². The molecule has 0 aromatic heterocycles. The molecule has 0 radical (unpaired) electrons. The number of hydrogen-bond acceptors (Lipinski definition) is 5. The highest BCUT2D eigenvalue weighted by molar-refractivity contribution is 6.30. The highest BCUT2D eigenvalue weighted by atomic mass is 35.5. The van der Waals surface area contributed by atoms with Gasteiger partial charge in [-0.25, -0.2) is 9.59 Å². The molecule has 4 rings (SSSR count). The number of carboxylic acids is 2. The number of aliphatic carboxylic acids is 2. The summed E-state index contributed by atoms with van der Waals surface area (Å²) in [6, 6.07) is 24.6. The number of fused-ring (bicyclic) bond motifs is 2. The van der Waals surface area contributed by atoms with Crippen LogP contribution in [0, 0.1) is 0 Å². The first-order valence-electron chi connectivity index (χ1n) is 12.3. The van der Waals surface area contributed by atoms with E-state index < -0.39 is 11.9 Å². The van der Waals surface area contributed by atoms with Gasteiger partial charge in [0, 0.05) is 47.2 Å². The van der Waals surface area contributed by atoms with Crippen molar-refractivity contribution < 1.29 is 24.6 Å². The number of likely N-dealkylation sites (N-methyl/N-ethyl adjacent to an activating group) is 1. The first kappa shape index (κ1) is 28.6. The number of Topliss-reactive ketones (excluding diaryl/α,β-unsaturated/α-hetero) is 1. The van der Waals surface area contributed by atoms with Crippen molar-refractivity contribution in [2.75, 3.05) is 31.6 Å². The number of anilines is 2. The third-order valence-corrected chi connectivity index (χ3v) is 6.35. The number of para-hydroxylation sites is 2. The van der Waals surface area contributed by atoms with E-state index in [-0.39, 0.29) is 5.78 Å². The number of halogens is 1. The summed E-state index contributed by atoms with van der Waals surface area (Å²) < 4.78 is 0. The third-order valence-electron chi connectivity index (χ3n) is 6.10. The summed E-state index contributed by atoms with van der Waals surface area (Å²) in [6.45, 7) is 2.20. The van der Waals surface area contributed by atoms with Crippen LogP contribution in [0.2, 0.25) is 5.02 Å². The molecule has 0 atom stereocenters. The molecule has 198 valence electrons. The molecule has 0 amide bonds. The number of aryl methyl sites for hydroxylation is 2. The Morgan fingerprint density at radius 1 is 0.842 bits per heavy atom. The third kappa shape index (κ3) is 8.57. The Morgan fingerprint density at radius 2 is 1.34 bits per heavy atom. The Morgan fingerprint density at radius 3 is 1.84 bits per heavy atom. The summed E-state index contributed by atoms with van der Waals surface area (Å²) in [5, 5.41) is 16.3. The Balaban J connectivity index is 0.000000436. The van der Waals surface area contributed by atoms with Crippen LogP contribution in [-0.2, 0) is 22.4 Å². The number of carboxylic acid groups (broad SMARTS) is 2. The van der Waals surface area contributed by atoms with Crippen LogP contribution in [0.5, 0.6) is 0 Å². The van der Waals surface area contributed by atoms with Crippen LogP contribution in [-0.4, -0.2) is 59.5 Å². The van der Waals surface area contributed by atoms with Crippen molar-refractivity contribution in [3.63, 3.8) is 0 Å². The second kappa shape index (κ2) is 14.1. The average Bonchev–Trinajstić information content (AvgIpc) is 3.05. The minimum absolute atomic E-state index is 0.125. The van der Waals surface area contributed by atoms with Crippen LogP contribution < -0.4 is 4.90 Å². The van der Waals surface area contributed by atoms with Crippen LogP contribution in [0.4, 0.5) is 11.4 Å². The number of ketones is 1. The molecule has 0 unspecified atom stereocenters. The smallest absolute Gasteiger partial charge is 0.328 e. The maximum atomic E-state index is 12.5. The second-order valence-electron chi connectivity index (χ2n) is 8.94. The zero-order chi connectivity index (χ0) is 27.5. The minimum atomic E-state index is -1.26. The number of carbonyl (C=O) groups excluding carboxylic acids is 1. The summed E-state index contributed by atoms with van der Waals surface area (Å²) in [5.74, 6) is -2.39. The van der Waals surface area contributed by atoms with Crippen LogP contribution in [0.25, 0.3) is 0 Å². The Bertz CT molecular complexity index is 1230. The zero-order valence-electron chi connectivity index (χ0n) is 21.2. The standard InChI is InChI=1S/C26H27ClN2O.C4H4O4/c1-28(19-26(30)22-13-15-23(27)16-14-22)17-6-18-29-24-9-4-2-7-20(24)11-12-21-8-3-5-10-25(21)29;5-3(6)1-2-4(7)8/h2-5,7-10,13-16H,6,11-12,17-19H2,1H3;1-2H,(H,5,6)(H,7,8). The van der Waals surface area contributed by atoms with E-state index in [1.807, 2.05) is 7.05 Å². The predicted octanol–water partition coefficient (Wildman–Crippen LogP) is 5.49. The van der Waals surface area contributed by atoms with Gasteiger partial charge in [-0.3, -0.25) is 9.69 Å². The van der Waals surface area contributed by atoms with Gasteiger partial charge in [0.05, 0.1) is 6.54 Å². The molecule has 1 aliphatic heterocycles. The molecule has 0 saturated heterocycles. The lowest BCUT2D eigenvalue weighted by Crippen LogP contribution is -2.29. The van der Waals surface area contributed by atoms with Gasteiger partial charge < -0.3 is 15.1 Å². The van der Waals surface area contributed by atoms with Crippen molar-refractivity contribution in [1.82, 2.24) is 4.90 Å². The van der Waals surface area contributed by atoms with Gasteiger partial charge in [-0.2, -0.15) is 0 Å². The Kier molecular flexibility index (Phi) is 10.6. The molecule has 0 fully saturated rings. The molecule has 7 nitrogen and oxygen atoms in total. The van der Waals surface area contributed by atoms with Gasteiger partial charge in [0.25, 0.3) is 0 Å². The zero-order valence-corrected chi connectivity index (χ0v) is 22.0. The van der Waals surface area contributed by atoms with E-state index in [2.05, 4.69) is 58.3 Å². The summed E-state index contributed by atoms with van der Waals surface area (Å²) in [4.78, 5) is 36.2. The highest BCUT2D eigenvalue weighted by Gasteiger charge is 2.20. The Labute approximate surface area is 227 Å². The normalized spacial score (nSPS) is 12.2. The van der Waals surface area contributed by atoms with Gasteiger partial charge >= 0.3 is 11.9 Å². The molecule has 8 heteroatoms. The minimum Gasteiger partial charge on any atom is -0.478 e. The lowest BCUT2D eigenvalue weighted by Gasteiger charge is -2.28. The van der Waals surface area contributed by atoms with Gasteiger partial charge in [0.1, 0.15) is 0 Å². The molecular formula is C30H31ClN2O5. The second-order valence-corrected chi connectivity index (χ2v) is 9.38. The van der Waals surface area contributed by atoms with E-state index in [1.165, 1.54) is 22.5 Å². The van der Waals surface area contributed by atoms with E-state index in [9.17, 15) is 14.4 Å². The predicted molar refractivity (Wildman–Crippen MR) is 150 cm³/mol. The average molecular weight is 535 g/mol. The molecule has 3 aromatic carbocycles. The molecule has 38 heavy (non-hydrogen) atoms. The Hall–Kier alpha value is -3.94. The van der Waals surface area contributed by atoms with Crippen molar-refractivity contribution in [2.45, 2.75) is 19.3 Å². The van der Waals surface area contributed by atoms with Crippen molar-refractivity contribution in [2.24, 2.45) is 0 Å². The number of hydrogen-bond donors (Lipinski definition) is 2. The quantitative estimate of drug-likeness (QED) is 0.276. The lowest BCUT2D eigenvalue weighted by atomic mass is 10.0. The first-order valence-corrected chi connectivity index (χ1v) is 12.7. The first-order chi connectivity index (χ1) is 18.2. The van der Waals surface area contributed by atoms with Crippen LogP contribution in [0.15, 0.2) is 84.9 Å². The van der Waals surface area contributed by atoms with Gasteiger partial charge in [-0.05, 0) is 73.8 Å². The van der Waals surface area contributed by atoms with Crippen LogP contribution >= 0.6 is 11.6 Å². The number of benzene rings is 3. The van der Waals surface area contributed by atoms with Crippen molar-refractivity contribution >= 4 is 40.7 Å². The maximum absolute atomic E-state index is 12.5. The lowest BCUT2D eigenvalue weighted by molar-refractivity contribution is -0.134. The van der Waals surface area contributed by atoms with Gasteiger partial charge in [0.15, 0.2) is 5.78 Å². The van der Waals surface area contributed by atoms with E-state index in [4.69, 9.17) is 21.8 Å². The summed E-state index contributed by atoms with van der Waals surface area (Å²) in [7, 11) is 2.01. The molecule has 0 saturated carbocycles. The molecule has 3 aromatic rings. The fourth-order valence-electron chi connectivity index (χ4n) is 4.30. The van der Waals surface area contributed by atoms with Crippen molar-refractivity contribution in [1.29, 1.82) is 0 Å². The molecule has 0 bridgehead atoms. The highest BCUT2D eigenvalue weighted by Crippen LogP contribution is 2.35. The van der Waals surface area contributed by atoms with Crippen molar-refractivity contribution in [3.05, 3.63) is 107 Å². The van der Waals surface area contributed by atoms with Gasteiger partial charge in [-0.15, -0.1) is 0 Å². The molecular weight excluding hydrogens is 504 g/mol.